The van der Waals surface area contributed by atoms with Gasteiger partial charge in [-0.25, -0.2) is 9.59 Å². The zero-order chi connectivity index (χ0) is 23.1. The highest BCUT2D eigenvalue weighted by Crippen LogP contribution is 2.23. The first kappa shape index (κ1) is 22.8. The lowest BCUT2D eigenvalue weighted by atomic mass is 10.1. The molecule has 1 amide bonds. The van der Waals surface area contributed by atoms with E-state index in [0.717, 1.165) is 5.56 Å². The van der Waals surface area contributed by atoms with E-state index in [4.69, 9.17) is 25.8 Å². The highest BCUT2D eigenvalue weighted by atomic mass is 35.5. The fourth-order valence-electron chi connectivity index (χ4n) is 2.88. The third kappa shape index (κ3) is 5.44. The van der Waals surface area contributed by atoms with Crippen molar-refractivity contribution in [3.8, 4) is 5.75 Å². The Balaban J connectivity index is 1.81. The van der Waals surface area contributed by atoms with Crippen LogP contribution >= 0.6 is 11.6 Å². The molecule has 164 valence electrons. The first-order valence-corrected chi connectivity index (χ1v) is 9.89. The molecule has 1 N–H and O–H groups in total. The number of hydrogen-bond acceptors (Lipinski definition) is 6. The molecule has 0 radical (unpaired) electrons. The van der Waals surface area contributed by atoms with Crippen LogP contribution in [0, 0.1) is 0 Å². The highest BCUT2D eigenvalue weighted by Gasteiger charge is 2.18. The van der Waals surface area contributed by atoms with Crippen molar-refractivity contribution in [1.29, 1.82) is 0 Å². The Bertz CT molecular complexity index is 1160. The molecule has 7 nitrogen and oxygen atoms in total. The smallest absolute Gasteiger partial charge is 0.339 e. The van der Waals surface area contributed by atoms with E-state index in [-0.39, 0.29) is 23.4 Å². The minimum Gasteiger partial charge on any atom is -0.489 e. The molecule has 8 heteroatoms. The Morgan fingerprint density at radius 3 is 2.31 bits per heavy atom. The van der Waals surface area contributed by atoms with Crippen molar-refractivity contribution in [2.24, 2.45) is 0 Å². The van der Waals surface area contributed by atoms with Gasteiger partial charge in [-0.05, 0) is 42.5 Å². The fraction of sp³-hybridized carbons (Fsp3) is 0.125. The van der Waals surface area contributed by atoms with Crippen molar-refractivity contribution < 1.29 is 28.6 Å². The molecule has 0 unspecified atom stereocenters. The molecule has 3 aromatic carbocycles. The fourth-order valence-corrected chi connectivity index (χ4v) is 3.07. The maximum Gasteiger partial charge on any atom is 0.339 e. The molecule has 0 fully saturated rings. The molecular formula is C24H20ClNO6. The number of rotatable bonds is 7. The van der Waals surface area contributed by atoms with Crippen LogP contribution in [0.2, 0.25) is 5.02 Å². The molecule has 0 aromatic heterocycles. The second-order valence-electron chi connectivity index (χ2n) is 6.61. The number of amides is 1. The number of benzene rings is 3. The van der Waals surface area contributed by atoms with Crippen molar-refractivity contribution in [2.75, 3.05) is 19.5 Å². The summed E-state index contributed by atoms with van der Waals surface area (Å²) in [6.45, 7) is 0.235. The quantitative estimate of drug-likeness (QED) is 0.519. The van der Waals surface area contributed by atoms with Gasteiger partial charge in [0.15, 0.2) is 0 Å². The van der Waals surface area contributed by atoms with Gasteiger partial charge in [-0.15, -0.1) is 0 Å². The largest absolute Gasteiger partial charge is 0.489 e. The summed E-state index contributed by atoms with van der Waals surface area (Å²) in [4.78, 5) is 36.8. The van der Waals surface area contributed by atoms with Crippen LogP contribution in [0.15, 0.2) is 66.7 Å². The second kappa shape index (κ2) is 10.5. The number of ether oxygens (including phenoxy) is 3. The minimum atomic E-state index is -0.659. The van der Waals surface area contributed by atoms with Crippen molar-refractivity contribution in [2.45, 2.75) is 6.61 Å². The van der Waals surface area contributed by atoms with Crippen LogP contribution in [0.25, 0.3) is 0 Å². The van der Waals surface area contributed by atoms with Gasteiger partial charge in [0.25, 0.3) is 5.91 Å². The Morgan fingerprint density at radius 2 is 1.59 bits per heavy atom. The van der Waals surface area contributed by atoms with Crippen molar-refractivity contribution in [3.63, 3.8) is 0 Å². The number of methoxy groups -OCH3 is 2. The van der Waals surface area contributed by atoms with E-state index in [9.17, 15) is 14.4 Å². The number of carbonyl (C=O) groups excluding carboxylic acids is 3. The zero-order valence-corrected chi connectivity index (χ0v) is 18.1. The van der Waals surface area contributed by atoms with E-state index < -0.39 is 17.8 Å². The summed E-state index contributed by atoms with van der Waals surface area (Å²) < 4.78 is 15.2. The SMILES string of the molecule is COC(=O)c1ccc(C(=O)OC)c(NC(=O)c2cccc(OCc3ccccc3Cl)c2)c1. The summed E-state index contributed by atoms with van der Waals surface area (Å²) in [6, 6.07) is 18.0. The van der Waals surface area contributed by atoms with E-state index in [0.29, 0.717) is 16.3 Å². The lowest BCUT2D eigenvalue weighted by Gasteiger charge is -2.12. The van der Waals surface area contributed by atoms with Gasteiger partial charge < -0.3 is 19.5 Å². The molecular weight excluding hydrogens is 434 g/mol. The summed E-state index contributed by atoms with van der Waals surface area (Å²) in [5.74, 6) is -1.30. The molecule has 0 aliphatic carbocycles. The maximum absolute atomic E-state index is 12.9. The van der Waals surface area contributed by atoms with Gasteiger partial charge in [0, 0.05) is 16.1 Å². The van der Waals surface area contributed by atoms with E-state index in [2.05, 4.69) is 5.32 Å². The predicted octanol–water partition coefficient (Wildman–Crippen LogP) is 4.74. The van der Waals surface area contributed by atoms with Crippen LogP contribution in [0.1, 0.15) is 36.6 Å². The van der Waals surface area contributed by atoms with Crippen molar-refractivity contribution >= 4 is 35.1 Å². The first-order chi connectivity index (χ1) is 15.4. The number of nitrogens with one attached hydrogen (secondary N) is 1. The molecule has 32 heavy (non-hydrogen) atoms. The Hall–Kier alpha value is -3.84. The molecule has 0 aliphatic rings. The van der Waals surface area contributed by atoms with Gasteiger partial charge in [0.1, 0.15) is 12.4 Å². The number of esters is 2. The van der Waals surface area contributed by atoms with Crippen LogP contribution in [0.5, 0.6) is 5.75 Å². The third-order valence-electron chi connectivity index (χ3n) is 4.54. The minimum absolute atomic E-state index is 0.0969. The van der Waals surface area contributed by atoms with Gasteiger partial charge in [-0.1, -0.05) is 35.9 Å². The monoisotopic (exact) mass is 453 g/mol. The van der Waals surface area contributed by atoms with Crippen LogP contribution in [-0.2, 0) is 16.1 Å². The molecule has 0 heterocycles. The average Bonchev–Trinajstić information content (AvgIpc) is 2.82. The van der Waals surface area contributed by atoms with Crippen molar-refractivity contribution in [3.05, 3.63) is 94.0 Å². The van der Waals surface area contributed by atoms with Gasteiger partial charge in [0.05, 0.1) is 31.0 Å². The molecule has 0 bridgehead atoms. The normalized spacial score (nSPS) is 10.2. The third-order valence-corrected chi connectivity index (χ3v) is 4.91. The highest BCUT2D eigenvalue weighted by molar-refractivity contribution is 6.31. The molecule has 3 rings (SSSR count). The summed E-state index contributed by atoms with van der Waals surface area (Å²) in [6.07, 6.45) is 0. The summed E-state index contributed by atoms with van der Waals surface area (Å²) in [5.41, 5.74) is 1.49. The Labute approximate surface area is 189 Å². The predicted molar refractivity (Wildman–Crippen MR) is 119 cm³/mol. The molecule has 0 atom stereocenters. The second-order valence-corrected chi connectivity index (χ2v) is 7.01. The molecule has 0 saturated heterocycles. The van der Waals surface area contributed by atoms with Gasteiger partial charge in [-0.2, -0.15) is 0 Å². The van der Waals surface area contributed by atoms with Gasteiger partial charge in [0.2, 0.25) is 0 Å². The number of anilines is 1. The first-order valence-electron chi connectivity index (χ1n) is 9.51. The standard InChI is InChI=1S/C24H20ClNO6/c1-30-23(28)16-10-11-19(24(29)31-2)21(13-16)26-22(27)15-7-5-8-18(12-15)32-14-17-6-3-4-9-20(17)25/h3-13H,14H2,1-2H3,(H,26,27). The van der Waals surface area contributed by atoms with Crippen LogP contribution in [0.4, 0.5) is 5.69 Å². The Kier molecular flexibility index (Phi) is 7.46. The summed E-state index contributed by atoms with van der Waals surface area (Å²) >= 11 is 6.15. The summed E-state index contributed by atoms with van der Waals surface area (Å²) in [5, 5.41) is 3.23. The van der Waals surface area contributed by atoms with E-state index >= 15 is 0 Å². The lowest BCUT2D eigenvalue weighted by molar-refractivity contribution is 0.0587. The number of hydrogen-bond donors (Lipinski definition) is 1. The van der Waals surface area contributed by atoms with Crippen molar-refractivity contribution in [1.82, 2.24) is 0 Å². The average molecular weight is 454 g/mol. The zero-order valence-electron chi connectivity index (χ0n) is 17.4. The van der Waals surface area contributed by atoms with Crippen LogP contribution in [-0.4, -0.2) is 32.1 Å². The van der Waals surface area contributed by atoms with E-state index in [1.54, 1.807) is 30.3 Å². The molecule has 0 aliphatic heterocycles. The lowest BCUT2D eigenvalue weighted by Crippen LogP contribution is -2.16. The molecule has 3 aromatic rings. The Morgan fingerprint density at radius 1 is 0.844 bits per heavy atom. The number of halogens is 1. The molecule has 0 spiro atoms. The van der Waals surface area contributed by atoms with Crippen LogP contribution in [0.3, 0.4) is 0 Å². The van der Waals surface area contributed by atoms with Gasteiger partial charge in [-0.3, -0.25) is 4.79 Å². The molecule has 0 saturated carbocycles. The maximum atomic E-state index is 12.9. The topological polar surface area (TPSA) is 90.9 Å². The van der Waals surface area contributed by atoms with E-state index in [1.165, 1.54) is 32.4 Å². The summed E-state index contributed by atoms with van der Waals surface area (Å²) in [7, 11) is 2.46. The van der Waals surface area contributed by atoms with Crippen LogP contribution < -0.4 is 10.1 Å². The van der Waals surface area contributed by atoms with Gasteiger partial charge >= 0.3 is 11.9 Å². The number of carbonyl (C=O) groups is 3. The van der Waals surface area contributed by atoms with E-state index in [1.807, 2.05) is 18.2 Å².